The van der Waals surface area contributed by atoms with Gasteiger partial charge in [0.1, 0.15) is 6.10 Å². The van der Waals surface area contributed by atoms with E-state index in [9.17, 15) is 5.11 Å². The maximum absolute atomic E-state index is 10.4. The highest BCUT2D eigenvalue weighted by molar-refractivity contribution is 5.32. The number of aliphatic hydroxyl groups is 1. The van der Waals surface area contributed by atoms with E-state index in [4.69, 9.17) is 9.47 Å². The third kappa shape index (κ3) is 2.91. The zero-order valence-electron chi connectivity index (χ0n) is 11.1. The summed E-state index contributed by atoms with van der Waals surface area (Å²) in [7, 11) is 0. The summed E-state index contributed by atoms with van der Waals surface area (Å²) < 4.78 is 11.0. The van der Waals surface area contributed by atoms with Gasteiger partial charge in [0.05, 0.1) is 0 Å². The Balaban J connectivity index is 2.00. The van der Waals surface area contributed by atoms with Gasteiger partial charge in [-0.05, 0) is 43.7 Å². The van der Waals surface area contributed by atoms with Gasteiger partial charge < -0.3 is 14.6 Å². The molecule has 2 rings (SSSR count). The predicted molar refractivity (Wildman–Crippen MR) is 70.4 cm³/mol. The molecule has 0 radical (unpaired) electrons. The molecule has 0 amide bonds. The van der Waals surface area contributed by atoms with Gasteiger partial charge in [-0.2, -0.15) is 0 Å². The minimum atomic E-state index is -0.558. The van der Waals surface area contributed by atoms with E-state index in [-0.39, 0.29) is 5.92 Å². The summed E-state index contributed by atoms with van der Waals surface area (Å²) in [5, 5.41) is 10.4. The lowest BCUT2D eigenvalue weighted by atomic mass is 9.98. The van der Waals surface area contributed by atoms with Crippen molar-refractivity contribution >= 4 is 0 Å². The number of aliphatic hydroxyl groups excluding tert-OH is 1. The first-order chi connectivity index (χ1) is 8.76. The van der Waals surface area contributed by atoms with E-state index < -0.39 is 12.4 Å². The van der Waals surface area contributed by atoms with Crippen LogP contribution in [0.2, 0.25) is 0 Å². The average Bonchev–Trinajstić information content (AvgIpc) is 2.81. The topological polar surface area (TPSA) is 38.7 Å². The lowest BCUT2D eigenvalue weighted by Crippen LogP contribution is -2.38. The molecule has 18 heavy (non-hydrogen) atoms. The van der Waals surface area contributed by atoms with Crippen molar-refractivity contribution in [1.29, 1.82) is 0 Å². The van der Waals surface area contributed by atoms with Gasteiger partial charge in [0.25, 0.3) is 0 Å². The molecule has 1 aliphatic carbocycles. The van der Waals surface area contributed by atoms with Crippen LogP contribution in [-0.2, 0) is 22.3 Å². The predicted octanol–water partition coefficient (Wildman–Crippen LogP) is 2.16. The Labute approximate surface area is 109 Å². The van der Waals surface area contributed by atoms with Crippen molar-refractivity contribution in [2.75, 3.05) is 13.2 Å². The maximum Gasteiger partial charge on any atom is 0.183 e. The second kappa shape index (κ2) is 6.32. The fourth-order valence-corrected chi connectivity index (χ4v) is 2.63. The molecule has 1 unspecified atom stereocenters. The highest BCUT2D eigenvalue weighted by Gasteiger charge is 2.33. The third-order valence-electron chi connectivity index (χ3n) is 3.51. The van der Waals surface area contributed by atoms with Crippen LogP contribution in [0, 0.1) is 5.92 Å². The highest BCUT2D eigenvalue weighted by atomic mass is 16.7. The Kier molecular flexibility index (Phi) is 4.75. The molecule has 100 valence electrons. The first-order valence-electron chi connectivity index (χ1n) is 6.74. The number of hydrogen-bond acceptors (Lipinski definition) is 3. The molecule has 1 aromatic rings. The SMILES string of the molecule is CCOC(OCC)C(O)C1Cc2ccccc2C1. The number of hydrogen-bond donors (Lipinski definition) is 1. The van der Waals surface area contributed by atoms with Crippen LogP contribution in [0.4, 0.5) is 0 Å². The number of rotatable bonds is 6. The van der Waals surface area contributed by atoms with Crippen LogP contribution < -0.4 is 0 Å². The molecule has 0 aliphatic heterocycles. The Morgan fingerprint density at radius 3 is 2.06 bits per heavy atom. The molecule has 1 aliphatic rings. The quantitative estimate of drug-likeness (QED) is 0.786. The lowest BCUT2D eigenvalue weighted by molar-refractivity contribution is -0.201. The van der Waals surface area contributed by atoms with Crippen molar-refractivity contribution in [3.05, 3.63) is 35.4 Å². The number of ether oxygens (including phenoxy) is 2. The van der Waals surface area contributed by atoms with Gasteiger partial charge in [0, 0.05) is 13.2 Å². The molecule has 1 atom stereocenters. The van der Waals surface area contributed by atoms with Crippen LogP contribution in [0.1, 0.15) is 25.0 Å². The minimum absolute atomic E-state index is 0.200. The molecule has 1 aromatic carbocycles. The molecule has 0 spiro atoms. The van der Waals surface area contributed by atoms with E-state index in [0.29, 0.717) is 13.2 Å². The van der Waals surface area contributed by atoms with Gasteiger partial charge in [-0.1, -0.05) is 24.3 Å². The monoisotopic (exact) mass is 250 g/mol. The fourth-order valence-electron chi connectivity index (χ4n) is 2.63. The van der Waals surface area contributed by atoms with Crippen molar-refractivity contribution in [2.45, 2.75) is 39.1 Å². The molecule has 0 saturated heterocycles. The summed E-state index contributed by atoms with van der Waals surface area (Å²) in [6, 6.07) is 8.38. The zero-order chi connectivity index (χ0) is 13.0. The third-order valence-corrected chi connectivity index (χ3v) is 3.51. The van der Waals surface area contributed by atoms with Crippen LogP contribution in [0.5, 0.6) is 0 Å². The van der Waals surface area contributed by atoms with Gasteiger partial charge in [0.15, 0.2) is 6.29 Å². The summed E-state index contributed by atoms with van der Waals surface area (Å²) in [6.45, 7) is 4.95. The molecule has 3 nitrogen and oxygen atoms in total. The van der Waals surface area contributed by atoms with E-state index in [1.54, 1.807) is 0 Å². The van der Waals surface area contributed by atoms with Crippen LogP contribution >= 0.6 is 0 Å². The Hall–Kier alpha value is -0.900. The molecule has 0 aromatic heterocycles. The van der Waals surface area contributed by atoms with Gasteiger partial charge >= 0.3 is 0 Å². The van der Waals surface area contributed by atoms with Gasteiger partial charge in [0.2, 0.25) is 0 Å². The zero-order valence-corrected chi connectivity index (χ0v) is 11.1. The van der Waals surface area contributed by atoms with E-state index in [1.165, 1.54) is 11.1 Å². The van der Waals surface area contributed by atoms with Crippen LogP contribution in [0.15, 0.2) is 24.3 Å². The second-order valence-corrected chi connectivity index (χ2v) is 4.71. The molecule has 0 saturated carbocycles. The summed E-state index contributed by atoms with van der Waals surface area (Å²) >= 11 is 0. The summed E-state index contributed by atoms with van der Waals surface area (Å²) in [4.78, 5) is 0. The molecule has 3 heteroatoms. The summed E-state index contributed by atoms with van der Waals surface area (Å²) in [6.07, 6.45) is 0.763. The van der Waals surface area contributed by atoms with Gasteiger partial charge in [-0.3, -0.25) is 0 Å². The fraction of sp³-hybridized carbons (Fsp3) is 0.600. The number of benzene rings is 1. The summed E-state index contributed by atoms with van der Waals surface area (Å²) in [5.74, 6) is 0.200. The van der Waals surface area contributed by atoms with Gasteiger partial charge in [-0.15, -0.1) is 0 Å². The van der Waals surface area contributed by atoms with E-state index in [1.807, 2.05) is 13.8 Å². The molecular formula is C15H22O3. The number of fused-ring (bicyclic) bond motifs is 1. The Morgan fingerprint density at radius 2 is 1.61 bits per heavy atom. The standard InChI is InChI=1S/C15H22O3/c1-3-17-15(18-4-2)14(16)13-9-11-7-5-6-8-12(11)10-13/h5-8,13-16H,3-4,9-10H2,1-2H3. The van der Waals surface area contributed by atoms with Crippen molar-refractivity contribution in [3.8, 4) is 0 Å². The minimum Gasteiger partial charge on any atom is -0.388 e. The highest BCUT2D eigenvalue weighted by Crippen LogP contribution is 2.30. The maximum atomic E-state index is 10.4. The largest absolute Gasteiger partial charge is 0.388 e. The van der Waals surface area contributed by atoms with E-state index in [2.05, 4.69) is 24.3 Å². The molecular weight excluding hydrogens is 228 g/mol. The second-order valence-electron chi connectivity index (χ2n) is 4.71. The molecule has 0 fully saturated rings. The Bertz CT molecular complexity index is 347. The average molecular weight is 250 g/mol. The van der Waals surface area contributed by atoms with Crippen molar-refractivity contribution in [3.63, 3.8) is 0 Å². The van der Waals surface area contributed by atoms with Crippen LogP contribution in [0.25, 0.3) is 0 Å². The van der Waals surface area contributed by atoms with Crippen LogP contribution in [0.3, 0.4) is 0 Å². The van der Waals surface area contributed by atoms with Crippen molar-refractivity contribution in [2.24, 2.45) is 5.92 Å². The molecule has 1 N–H and O–H groups in total. The molecule has 0 heterocycles. The van der Waals surface area contributed by atoms with Gasteiger partial charge in [-0.25, -0.2) is 0 Å². The summed E-state index contributed by atoms with van der Waals surface area (Å²) in [5.41, 5.74) is 2.68. The normalized spacial score (nSPS) is 17.1. The first-order valence-corrected chi connectivity index (χ1v) is 6.74. The first kappa shape index (κ1) is 13.5. The van der Waals surface area contributed by atoms with E-state index >= 15 is 0 Å². The Morgan fingerprint density at radius 1 is 1.11 bits per heavy atom. The van der Waals surface area contributed by atoms with E-state index in [0.717, 1.165) is 12.8 Å². The lowest BCUT2D eigenvalue weighted by Gasteiger charge is -2.26. The van der Waals surface area contributed by atoms with Crippen molar-refractivity contribution in [1.82, 2.24) is 0 Å². The smallest absolute Gasteiger partial charge is 0.183 e. The van der Waals surface area contributed by atoms with Crippen molar-refractivity contribution < 1.29 is 14.6 Å². The van der Waals surface area contributed by atoms with Crippen LogP contribution in [-0.4, -0.2) is 30.7 Å². The molecule has 0 bridgehead atoms.